The molecule has 2 heterocycles. The summed E-state index contributed by atoms with van der Waals surface area (Å²) in [7, 11) is 1.31. The summed E-state index contributed by atoms with van der Waals surface area (Å²) in [5, 5.41) is 0.985. The molecule has 3 rings (SSSR count). The second kappa shape index (κ2) is 5.57. The third kappa shape index (κ3) is 2.62. The van der Waals surface area contributed by atoms with Crippen LogP contribution in [-0.2, 0) is 14.3 Å². The van der Waals surface area contributed by atoms with E-state index in [-0.39, 0.29) is 12.5 Å². The van der Waals surface area contributed by atoms with E-state index in [4.69, 9.17) is 4.74 Å². The van der Waals surface area contributed by atoms with Crippen LogP contribution in [0.15, 0.2) is 30.3 Å². The molecular weight excluding hydrogens is 272 g/mol. The highest BCUT2D eigenvalue weighted by Gasteiger charge is 2.30. The lowest BCUT2D eigenvalue weighted by Gasteiger charge is -2.31. The number of aromatic nitrogens is 1. The fraction of sp³-hybridized carbons (Fsp3) is 0.333. The monoisotopic (exact) mass is 288 g/mol. The Morgan fingerprint density at radius 2 is 2.19 bits per heavy atom. The highest BCUT2D eigenvalue weighted by atomic mass is 16.6. The SMILES string of the molecule is COC(=O)C1CN(C(=O)c2cc3ccccc3[nH]2)CCO1. The van der Waals surface area contributed by atoms with Gasteiger partial charge in [-0.05, 0) is 12.1 Å². The Morgan fingerprint density at radius 1 is 1.38 bits per heavy atom. The van der Waals surface area contributed by atoms with E-state index < -0.39 is 12.1 Å². The number of hydrogen-bond acceptors (Lipinski definition) is 4. The van der Waals surface area contributed by atoms with Gasteiger partial charge in [-0.1, -0.05) is 18.2 Å². The second-order valence-electron chi connectivity index (χ2n) is 4.90. The lowest BCUT2D eigenvalue weighted by atomic mass is 10.2. The molecule has 0 radical (unpaired) electrons. The first kappa shape index (κ1) is 13.6. The summed E-state index contributed by atoms with van der Waals surface area (Å²) in [6.07, 6.45) is -0.711. The van der Waals surface area contributed by atoms with Gasteiger partial charge in [0.2, 0.25) is 0 Å². The van der Waals surface area contributed by atoms with E-state index in [1.165, 1.54) is 7.11 Å². The van der Waals surface area contributed by atoms with E-state index in [9.17, 15) is 9.59 Å². The number of hydrogen-bond donors (Lipinski definition) is 1. The van der Waals surface area contributed by atoms with Gasteiger partial charge in [-0.15, -0.1) is 0 Å². The zero-order chi connectivity index (χ0) is 14.8. The number of para-hydroxylation sites is 1. The second-order valence-corrected chi connectivity index (χ2v) is 4.90. The molecule has 1 aliphatic heterocycles. The lowest BCUT2D eigenvalue weighted by molar-refractivity contribution is -0.158. The zero-order valence-electron chi connectivity index (χ0n) is 11.7. The van der Waals surface area contributed by atoms with Crippen molar-refractivity contribution in [3.63, 3.8) is 0 Å². The smallest absolute Gasteiger partial charge is 0.336 e. The molecule has 110 valence electrons. The Balaban J connectivity index is 1.79. The number of benzene rings is 1. The first-order valence-electron chi connectivity index (χ1n) is 6.75. The number of H-pyrrole nitrogens is 1. The number of nitrogens with one attached hydrogen (secondary N) is 1. The number of morpholine rings is 1. The average Bonchev–Trinajstić information content (AvgIpc) is 2.97. The van der Waals surface area contributed by atoms with Crippen LogP contribution in [0.1, 0.15) is 10.5 Å². The van der Waals surface area contributed by atoms with Crippen molar-refractivity contribution < 1.29 is 19.1 Å². The number of amides is 1. The van der Waals surface area contributed by atoms with Crippen molar-refractivity contribution in [2.75, 3.05) is 26.8 Å². The van der Waals surface area contributed by atoms with Crippen LogP contribution in [0.4, 0.5) is 0 Å². The Hall–Kier alpha value is -2.34. The number of carbonyl (C=O) groups excluding carboxylic acids is 2. The van der Waals surface area contributed by atoms with Crippen LogP contribution >= 0.6 is 0 Å². The maximum atomic E-state index is 12.5. The van der Waals surface area contributed by atoms with Gasteiger partial charge in [0.15, 0.2) is 6.10 Å². The van der Waals surface area contributed by atoms with Crippen molar-refractivity contribution >= 4 is 22.8 Å². The number of aromatic amines is 1. The minimum Gasteiger partial charge on any atom is -0.467 e. The summed E-state index contributed by atoms with van der Waals surface area (Å²) >= 11 is 0. The van der Waals surface area contributed by atoms with E-state index in [1.807, 2.05) is 30.3 Å². The highest BCUT2D eigenvalue weighted by Crippen LogP contribution is 2.17. The number of ether oxygens (including phenoxy) is 2. The average molecular weight is 288 g/mol. The molecule has 0 aliphatic carbocycles. The predicted molar refractivity (Wildman–Crippen MR) is 76.0 cm³/mol. The molecule has 0 saturated carbocycles. The molecule has 6 heteroatoms. The third-order valence-electron chi connectivity index (χ3n) is 3.58. The maximum Gasteiger partial charge on any atom is 0.336 e. The summed E-state index contributed by atoms with van der Waals surface area (Å²) in [6.45, 7) is 0.994. The summed E-state index contributed by atoms with van der Waals surface area (Å²) in [5.41, 5.74) is 1.43. The molecular formula is C15H16N2O4. The standard InChI is InChI=1S/C15H16N2O4/c1-20-15(19)13-9-17(6-7-21-13)14(18)12-8-10-4-2-3-5-11(10)16-12/h2-5,8,13,16H,6-7,9H2,1H3. The molecule has 1 aromatic heterocycles. The fourth-order valence-corrected chi connectivity index (χ4v) is 2.47. The zero-order valence-corrected chi connectivity index (χ0v) is 11.7. The van der Waals surface area contributed by atoms with E-state index in [1.54, 1.807) is 4.90 Å². The fourth-order valence-electron chi connectivity index (χ4n) is 2.47. The summed E-state index contributed by atoms with van der Waals surface area (Å²) in [5.74, 6) is -0.590. The van der Waals surface area contributed by atoms with Crippen LogP contribution in [-0.4, -0.2) is 54.7 Å². The van der Waals surface area contributed by atoms with Crippen LogP contribution in [0, 0.1) is 0 Å². The molecule has 1 saturated heterocycles. The van der Waals surface area contributed by atoms with E-state index >= 15 is 0 Å². The largest absolute Gasteiger partial charge is 0.467 e. The molecule has 6 nitrogen and oxygen atoms in total. The van der Waals surface area contributed by atoms with Crippen molar-refractivity contribution in [2.24, 2.45) is 0 Å². The highest BCUT2D eigenvalue weighted by molar-refractivity contribution is 5.98. The lowest BCUT2D eigenvalue weighted by Crippen LogP contribution is -2.49. The van der Waals surface area contributed by atoms with Gasteiger partial charge in [0, 0.05) is 17.4 Å². The number of methoxy groups -OCH3 is 1. The predicted octanol–water partition coefficient (Wildman–Crippen LogP) is 1.18. The van der Waals surface area contributed by atoms with Gasteiger partial charge in [-0.25, -0.2) is 4.79 Å². The molecule has 1 amide bonds. The van der Waals surface area contributed by atoms with Crippen molar-refractivity contribution in [2.45, 2.75) is 6.10 Å². The number of esters is 1. The third-order valence-corrected chi connectivity index (χ3v) is 3.58. The number of rotatable bonds is 2. The van der Waals surface area contributed by atoms with Gasteiger partial charge in [0.1, 0.15) is 5.69 Å². The summed E-state index contributed by atoms with van der Waals surface area (Å²) in [6, 6.07) is 9.52. The summed E-state index contributed by atoms with van der Waals surface area (Å²) < 4.78 is 9.99. The van der Waals surface area contributed by atoms with E-state index in [0.717, 1.165) is 10.9 Å². The normalized spacial score (nSPS) is 18.7. The van der Waals surface area contributed by atoms with Gasteiger partial charge in [-0.3, -0.25) is 4.79 Å². The molecule has 1 fully saturated rings. The summed E-state index contributed by atoms with van der Waals surface area (Å²) in [4.78, 5) is 28.7. The molecule has 0 spiro atoms. The molecule has 21 heavy (non-hydrogen) atoms. The molecule has 0 bridgehead atoms. The van der Waals surface area contributed by atoms with E-state index in [0.29, 0.717) is 18.8 Å². The maximum absolute atomic E-state index is 12.5. The Kier molecular flexibility index (Phi) is 3.62. The molecule has 1 unspecified atom stereocenters. The Labute approximate surface area is 121 Å². The Morgan fingerprint density at radius 3 is 2.95 bits per heavy atom. The van der Waals surface area contributed by atoms with Gasteiger partial charge in [0.25, 0.3) is 5.91 Å². The van der Waals surface area contributed by atoms with Crippen molar-refractivity contribution in [3.05, 3.63) is 36.0 Å². The first-order chi connectivity index (χ1) is 10.2. The van der Waals surface area contributed by atoms with Gasteiger partial charge in [-0.2, -0.15) is 0 Å². The first-order valence-corrected chi connectivity index (χ1v) is 6.75. The Bertz CT molecular complexity index is 646. The minimum absolute atomic E-state index is 0.136. The minimum atomic E-state index is -0.711. The van der Waals surface area contributed by atoms with Crippen LogP contribution in [0.3, 0.4) is 0 Å². The topological polar surface area (TPSA) is 71.6 Å². The van der Waals surface area contributed by atoms with Crippen LogP contribution in [0.2, 0.25) is 0 Å². The van der Waals surface area contributed by atoms with Crippen LogP contribution in [0.5, 0.6) is 0 Å². The molecule has 1 aromatic carbocycles. The van der Waals surface area contributed by atoms with Gasteiger partial charge in [0.05, 0.1) is 20.3 Å². The number of fused-ring (bicyclic) bond motifs is 1. The number of nitrogens with zero attached hydrogens (tertiary/aromatic N) is 1. The van der Waals surface area contributed by atoms with Gasteiger partial charge < -0.3 is 19.4 Å². The van der Waals surface area contributed by atoms with E-state index in [2.05, 4.69) is 9.72 Å². The van der Waals surface area contributed by atoms with Crippen LogP contribution < -0.4 is 0 Å². The van der Waals surface area contributed by atoms with Crippen molar-refractivity contribution in [3.8, 4) is 0 Å². The van der Waals surface area contributed by atoms with Crippen molar-refractivity contribution in [1.82, 2.24) is 9.88 Å². The van der Waals surface area contributed by atoms with Gasteiger partial charge >= 0.3 is 5.97 Å². The molecule has 1 N–H and O–H groups in total. The number of carbonyl (C=O) groups is 2. The molecule has 2 aromatic rings. The quantitative estimate of drug-likeness (QED) is 0.842. The van der Waals surface area contributed by atoms with Crippen molar-refractivity contribution in [1.29, 1.82) is 0 Å². The molecule has 1 aliphatic rings. The van der Waals surface area contributed by atoms with Crippen LogP contribution in [0.25, 0.3) is 10.9 Å². The molecule has 1 atom stereocenters.